The molecule has 0 aliphatic heterocycles. The predicted molar refractivity (Wildman–Crippen MR) is 80.6 cm³/mol. The summed E-state index contributed by atoms with van der Waals surface area (Å²) in [5.41, 5.74) is 0.637. The molecule has 0 spiro atoms. The Morgan fingerprint density at radius 1 is 1.29 bits per heavy atom. The number of amides is 1. The first-order valence-electron chi connectivity index (χ1n) is 6.25. The number of hydrogen-bond acceptors (Lipinski definition) is 5. The van der Waals surface area contributed by atoms with Crippen LogP contribution in [0.25, 0.3) is 10.8 Å². The van der Waals surface area contributed by atoms with Gasteiger partial charge in [-0.1, -0.05) is 12.1 Å². The van der Waals surface area contributed by atoms with E-state index in [0.717, 1.165) is 5.76 Å². The minimum atomic E-state index is -0.373. The van der Waals surface area contributed by atoms with Crippen LogP contribution in [0.3, 0.4) is 0 Å². The number of phenols is 1. The van der Waals surface area contributed by atoms with E-state index < -0.39 is 0 Å². The Kier molecular flexibility index (Phi) is 3.45. The van der Waals surface area contributed by atoms with Crippen LogP contribution in [0, 0.1) is 6.92 Å². The highest BCUT2D eigenvalue weighted by Crippen LogP contribution is 2.27. The van der Waals surface area contributed by atoms with Crippen LogP contribution >= 0.6 is 11.3 Å². The van der Waals surface area contributed by atoms with Crippen molar-refractivity contribution in [3.8, 4) is 16.5 Å². The lowest BCUT2D eigenvalue weighted by Crippen LogP contribution is -2.12. The quantitative estimate of drug-likeness (QED) is 0.724. The standard InChI is InChI=1S/C15H12N2O3S/c1-9-6-7-13(20-9)15-17-11(8-21-15)14(19)16-10-4-2-3-5-12(10)18/h2-8,18H,1H3,(H,16,19). The van der Waals surface area contributed by atoms with Crippen molar-refractivity contribution in [3.05, 3.63) is 53.2 Å². The maximum absolute atomic E-state index is 12.1. The first-order valence-corrected chi connectivity index (χ1v) is 7.13. The fourth-order valence-electron chi connectivity index (χ4n) is 1.81. The van der Waals surface area contributed by atoms with E-state index in [0.29, 0.717) is 16.5 Å². The van der Waals surface area contributed by atoms with Crippen molar-refractivity contribution in [2.24, 2.45) is 0 Å². The summed E-state index contributed by atoms with van der Waals surface area (Å²) in [6.07, 6.45) is 0. The third-order valence-corrected chi connectivity index (χ3v) is 3.70. The number of aromatic nitrogens is 1. The number of furan rings is 1. The average molecular weight is 300 g/mol. The molecular weight excluding hydrogens is 288 g/mol. The van der Waals surface area contributed by atoms with Gasteiger partial charge in [0, 0.05) is 5.38 Å². The summed E-state index contributed by atoms with van der Waals surface area (Å²) in [6.45, 7) is 1.85. The van der Waals surface area contributed by atoms with E-state index in [1.54, 1.807) is 23.6 Å². The summed E-state index contributed by atoms with van der Waals surface area (Å²) in [6, 6.07) is 10.2. The number of carbonyl (C=O) groups excluding carboxylic acids is 1. The van der Waals surface area contributed by atoms with Crippen molar-refractivity contribution in [1.29, 1.82) is 0 Å². The topological polar surface area (TPSA) is 75.4 Å². The van der Waals surface area contributed by atoms with Crippen LogP contribution in [0.1, 0.15) is 16.2 Å². The number of aryl methyl sites for hydroxylation is 1. The number of thiazole rings is 1. The largest absolute Gasteiger partial charge is 0.506 e. The number of nitrogens with one attached hydrogen (secondary N) is 1. The van der Waals surface area contributed by atoms with Gasteiger partial charge in [-0.2, -0.15) is 0 Å². The second-order valence-electron chi connectivity index (χ2n) is 4.42. The molecule has 0 aliphatic rings. The summed E-state index contributed by atoms with van der Waals surface area (Å²) in [7, 11) is 0. The molecule has 0 bridgehead atoms. The van der Waals surface area contributed by atoms with Gasteiger partial charge in [-0.3, -0.25) is 4.79 Å². The van der Waals surface area contributed by atoms with Crippen molar-refractivity contribution in [3.63, 3.8) is 0 Å². The number of nitrogens with zero attached hydrogens (tertiary/aromatic N) is 1. The zero-order valence-corrected chi connectivity index (χ0v) is 12.0. The van der Waals surface area contributed by atoms with Gasteiger partial charge in [0.15, 0.2) is 10.8 Å². The van der Waals surface area contributed by atoms with Crippen LogP contribution in [0.15, 0.2) is 46.2 Å². The predicted octanol–water partition coefficient (Wildman–Crippen LogP) is 3.67. The smallest absolute Gasteiger partial charge is 0.275 e. The number of hydrogen-bond donors (Lipinski definition) is 2. The summed E-state index contributed by atoms with van der Waals surface area (Å²) >= 11 is 1.33. The highest BCUT2D eigenvalue weighted by atomic mass is 32.1. The monoisotopic (exact) mass is 300 g/mol. The minimum Gasteiger partial charge on any atom is -0.506 e. The number of phenolic OH excluding ortho intramolecular Hbond substituents is 1. The lowest BCUT2D eigenvalue weighted by molar-refractivity contribution is 0.102. The molecule has 6 heteroatoms. The molecule has 21 heavy (non-hydrogen) atoms. The summed E-state index contributed by atoms with van der Waals surface area (Å²) in [5, 5.41) is 14.6. The van der Waals surface area contributed by atoms with Gasteiger partial charge in [-0.15, -0.1) is 11.3 Å². The lowest BCUT2D eigenvalue weighted by atomic mass is 10.3. The number of aromatic hydroxyl groups is 1. The fourth-order valence-corrected chi connectivity index (χ4v) is 2.57. The van der Waals surface area contributed by atoms with Gasteiger partial charge in [0.25, 0.3) is 5.91 Å². The maximum Gasteiger partial charge on any atom is 0.275 e. The van der Waals surface area contributed by atoms with Crippen molar-refractivity contribution >= 4 is 22.9 Å². The molecule has 2 N–H and O–H groups in total. The summed E-state index contributed by atoms with van der Waals surface area (Å²) in [4.78, 5) is 16.4. The Morgan fingerprint density at radius 2 is 2.10 bits per heavy atom. The normalized spacial score (nSPS) is 10.5. The molecule has 0 radical (unpaired) electrons. The van der Waals surface area contributed by atoms with Crippen molar-refractivity contribution in [2.75, 3.05) is 5.32 Å². The molecule has 0 atom stereocenters. The maximum atomic E-state index is 12.1. The first kappa shape index (κ1) is 13.4. The van der Waals surface area contributed by atoms with E-state index in [-0.39, 0.29) is 17.4 Å². The molecule has 2 aromatic heterocycles. The van der Waals surface area contributed by atoms with Crippen LogP contribution < -0.4 is 5.32 Å². The second-order valence-corrected chi connectivity index (χ2v) is 5.28. The van der Waals surface area contributed by atoms with Gasteiger partial charge in [0.2, 0.25) is 0 Å². The number of para-hydroxylation sites is 2. The Labute approximate surface area is 124 Å². The van der Waals surface area contributed by atoms with Crippen molar-refractivity contribution in [2.45, 2.75) is 6.92 Å². The highest BCUT2D eigenvalue weighted by Gasteiger charge is 2.14. The van der Waals surface area contributed by atoms with Crippen molar-refractivity contribution in [1.82, 2.24) is 4.98 Å². The second kappa shape index (κ2) is 5.41. The molecule has 1 amide bonds. The highest BCUT2D eigenvalue weighted by molar-refractivity contribution is 7.13. The number of anilines is 1. The van der Waals surface area contributed by atoms with Crippen LogP contribution in [-0.4, -0.2) is 16.0 Å². The third kappa shape index (κ3) is 2.80. The fraction of sp³-hybridized carbons (Fsp3) is 0.0667. The van der Waals surface area contributed by atoms with E-state index in [9.17, 15) is 9.90 Å². The van der Waals surface area contributed by atoms with E-state index in [2.05, 4.69) is 10.3 Å². The zero-order valence-electron chi connectivity index (χ0n) is 11.2. The van der Waals surface area contributed by atoms with Crippen LogP contribution in [0.5, 0.6) is 5.75 Å². The van der Waals surface area contributed by atoms with Gasteiger partial charge < -0.3 is 14.8 Å². The third-order valence-electron chi connectivity index (χ3n) is 2.84. The molecule has 5 nitrogen and oxygen atoms in total. The summed E-state index contributed by atoms with van der Waals surface area (Å²) in [5.74, 6) is 1.07. The molecule has 1 aromatic carbocycles. The van der Waals surface area contributed by atoms with Gasteiger partial charge >= 0.3 is 0 Å². The molecule has 2 heterocycles. The van der Waals surface area contributed by atoms with E-state index in [1.165, 1.54) is 17.4 Å². The Balaban J connectivity index is 1.80. The molecular formula is C15H12N2O3S. The van der Waals surface area contributed by atoms with E-state index in [4.69, 9.17) is 4.42 Å². The molecule has 3 rings (SSSR count). The van der Waals surface area contributed by atoms with E-state index in [1.807, 2.05) is 19.1 Å². The number of benzene rings is 1. The molecule has 0 aliphatic carbocycles. The Bertz CT molecular complexity index is 792. The van der Waals surface area contributed by atoms with Crippen molar-refractivity contribution < 1.29 is 14.3 Å². The van der Waals surface area contributed by atoms with Gasteiger partial charge in [-0.25, -0.2) is 4.98 Å². The molecule has 0 saturated carbocycles. The number of rotatable bonds is 3. The van der Waals surface area contributed by atoms with Crippen LogP contribution in [0.4, 0.5) is 5.69 Å². The summed E-state index contributed by atoms with van der Waals surface area (Å²) < 4.78 is 5.48. The van der Waals surface area contributed by atoms with Gasteiger partial charge in [-0.05, 0) is 31.2 Å². The lowest BCUT2D eigenvalue weighted by Gasteiger charge is -2.04. The molecule has 0 unspecified atom stereocenters. The van der Waals surface area contributed by atoms with E-state index >= 15 is 0 Å². The molecule has 0 fully saturated rings. The Morgan fingerprint density at radius 3 is 2.81 bits per heavy atom. The minimum absolute atomic E-state index is 0.0166. The van der Waals surface area contributed by atoms with Crippen LogP contribution in [0.2, 0.25) is 0 Å². The molecule has 106 valence electrons. The SMILES string of the molecule is Cc1ccc(-c2nc(C(=O)Nc3ccccc3O)cs2)o1. The zero-order chi connectivity index (χ0) is 14.8. The average Bonchev–Trinajstić information content (AvgIpc) is 3.10. The van der Waals surface area contributed by atoms with Gasteiger partial charge in [0.1, 0.15) is 17.2 Å². The Hall–Kier alpha value is -2.60. The molecule has 0 saturated heterocycles. The first-order chi connectivity index (χ1) is 10.1. The van der Waals surface area contributed by atoms with Gasteiger partial charge in [0.05, 0.1) is 5.69 Å². The number of carbonyl (C=O) groups is 1. The van der Waals surface area contributed by atoms with Crippen LogP contribution in [-0.2, 0) is 0 Å². The molecule has 3 aromatic rings.